The summed E-state index contributed by atoms with van der Waals surface area (Å²) in [7, 11) is 3.95. The summed E-state index contributed by atoms with van der Waals surface area (Å²) in [5.41, 5.74) is 2.27. The van der Waals surface area contributed by atoms with E-state index in [9.17, 15) is 0 Å². The van der Waals surface area contributed by atoms with Crippen LogP contribution in [-0.4, -0.2) is 30.3 Å². The lowest BCUT2D eigenvalue weighted by Gasteiger charge is -2.21. The van der Waals surface area contributed by atoms with Crippen molar-refractivity contribution in [3.05, 3.63) is 34.6 Å². The van der Waals surface area contributed by atoms with Crippen molar-refractivity contribution in [1.29, 1.82) is 0 Å². The number of nitrogens with zero attached hydrogens (tertiary/aromatic N) is 5. The Balaban J connectivity index is 1.81. The molecule has 2 heterocycles. The van der Waals surface area contributed by atoms with Gasteiger partial charge < -0.3 is 4.57 Å². The molecule has 1 aliphatic carbocycles. The SMILES string of the molecule is CCc1nn(C)c(Cl)c1CN(Cc1nccn1C)C1CC1. The normalized spacial score (nSPS) is 15.1. The topological polar surface area (TPSA) is 38.9 Å². The highest BCUT2D eigenvalue weighted by Gasteiger charge is 2.31. The first-order valence-corrected chi connectivity index (χ1v) is 7.88. The number of aryl methyl sites for hydroxylation is 3. The highest BCUT2D eigenvalue weighted by atomic mass is 35.5. The molecule has 2 aromatic rings. The zero-order valence-electron chi connectivity index (χ0n) is 12.9. The Bertz CT molecular complexity index is 626. The molecule has 0 radical (unpaired) electrons. The van der Waals surface area contributed by atoms with Crippen LogP contribution in [0.2, 0.25) is 5.15 Å². The lowest BCUT2D eigenvalue weighted by molar-refractivity contribution is 0.236. The first-order chi connectivity index (χ1) is 10.1. The summed E-state index contributed by atoms with van der Waals surface area (Å²) in [5, 5.41) is 5.27. The third-order valence-corrected chi connectivity index (χ3v) is 4.65. The molecular weight excluding hydrogens is 286 g/mol. The number of imidazole rings is 1. The molecule has 21 heavy (non-hydrogen) atoms. The van der Waals surface area contributed by atoms with Crippen molar-refractivity contribution in [2.75, 3.05) is 0 Å². The van der Waals surface area contributed by atoms with Gasteiger partial charge >= 0.3 is 0 Å². The predicted octanol–water partition coefficient (Wildman–Crippen LogP) is 2.53. The zero-order valence-corrected chi connectivity index (χ0v) is 13.6. The van der Waals surface area contributed by atoms with Crippen molar-refractivity contribution >= 4 is 11.6 Å². The van der Waals surface area contributed by atoms with Gasteiger partial charge in [0.2, 0.25) is 0 Å². The number of aromatic nitrogens is 4. The monoisotopic (exact) mass is 307 g/mol. The molecule has 1 saturated carbocycles. The first-order valence-electron chi connectivity index (χ1n) is 7.50. The van der Waals surface area contributed by atoms with Crippen molar-refractivity contribution in [3.8, 4) is 0 Å². The van der Waals surface area contributed by atoms with Crippen molar-refractivity contribution in [2.45, 2.75) is 45.3 Å². The second-order valence-electron chi connectivity index (χ2n) is 5.78. The molecule has 3 rings (SSSR count). The smallest absolute Gasteiger partial charge is 0.131 e. The van der Waals surface area contributed by atoms with E-state index in [1.807, 2.05) is 26.5 Å². The van der Waals surface area contributed by atoms with E-state index >= 15 is 0 Å². The quantitative estimate of drug-likeness (QED) is 0.823. The van der Waals surface area contributed by atoms with Gasteiger partial charge in [0.15, 0.2) is 0 Å². The Labute approximate surface area is 130 Å². The fraction of sp³-hybridized carbons (Fsp3) is 0.600. The van der Waals surface area contributed by atoms with Crippen LogP contribution in [0.3, 0.4) is 0 Å². The van der Waals surface area contributed by atoms with E-state index in [1.165, 1.54) is 18.4 Å². The molecule has 0 N–H and O–H groups in total. The van der Waals surface area contributed by atoms with E-state index < -0.39 is 0 Å². The van der Waals surface area contributed by atoms with Gasteiger partial charge in [0, 0.05) is 44.6 Å². The van der Waals surface area contributed by atoms with Crippen molar-refractivity contribution in [1.82, 2.24) is 24.2 Å². The van der Waals surface area contributed by atoms with Crippen LogP contribution in [0, 0.1) is 0 Å². The maximum Gasteiger partial charge on any atom is 0.131 e. The molecule has 0 spiro atoms. The van der Waals surface area contributed by atoms with Crippen LogP contribution >= 0.6 is 11.6 Å². The Hall–Kier alpha value is -1.33. The summed E-state index contributed by atoms with van der Waals surface area (Å²) < 4.78 is 3.86. The standard InChI is InChI=1S/C15H22ClN5/c1-4-13-12(15(16)20(3)18-13)9-21(11-5-6-11)10-14-17-7-8-19(14)2/h7-8,11H,4-6,9-10H2,1-3H3. The van der Waals surface area contributed by atoms with E-state index in [-0.39, 0.29) is 0 Å². The molecule has 0 unspecified atom stereocenters. The molecule has 0 saturated heterocycles. The fourth-order valence-corrected chi connectivity index (χ4v) is 2.93. The van der Waals surface area contributed by atoms with Crippen LogP contribution in [0.4, 0.5) is 0 Å². The Morgan fingerprint density at radius 2 is 2.10 bits per heavy atom. The third kappa shape index (κ3) is 2.99. The largest absolute Gasteiger partial charge is 0.337 e. The van der Waals surface area contributed by atoms with Crippen LogP contribution in [0.5, 0.6) is 0 Å². The number of halogens is 1. The minimum atomic E-state index is 0.655. The van der Waals surface area contributed by atoms with Gasteiger partial charge in [0.05, 0.1) is 12.2 Å². The van der Waals surface area contributed by atoms with Crippen LogP contribution in [0.1, 0.15) is 36.8 Å². The first kappa shape index (κ1) is 14.6. The number of rotatable bonds is 6. The van der Waals surface area contributed by atoms with Gasteiger partial charge in [-0.2, -0.15) is 5.10 Å². The van der Waals surface area contributed by atoms with Crippen LogP contribution in [0.15, 0.2) is 12.4 Å². The summed E-state index contributed by atoms with van der Waals surface area (Å²) in [6.07, 6.45) is 7.30. The molecule has 1 fully saturated rings. The van der Waals surface area contributed by atoms with E-state index in [2.05, 4.69) is 26.5 Å². The molecule has 0 aliphatic heterocycles. The molecule has 2 aromatic heterocycles. The van der Waals surface area contributed by atoms with Gasteiger partial charge in [0.1, 0.15) is 11.0 Å². The van der Waals surface area contributed by atoms with Crippen molar-refractivity contribution in [3.63, 3.8) is 0 Å². The summed E-state index contributed by atoms with van der Waals surface area (Å²) in [6.45, 7) is 3.85. The zero-order chi connectivity index (χ0) is 15.0. The molecule has 6 heteroatoms. The highest BCUT2D eigenvalue weighted by molar-refractivity contribution is 6.30. The number of hydrogen-bond donors (Lipinski definition) is 0. The van der Waals surface area contributed by atoms with Gasteiger partial charge in [-0.15, -0.1) is 0 Å². The molecule has 0 bridgehead atoms. The average molecular weight is 308 g/mol. The molecule has 114 valence electrons. The summed E-state index contributed by atoms with van der Waals surface area (Å²) in [4.78, 5) is 6.92. The summed E-state index contributed by atoms with van der Waals surface area (Å²) >= 11 is 6.43. The van der Waals surface area contributed by atoms with Gasteiger partial charge in [0.25, 0.3) is 0 Å². The lowest BCUT2D eigenvalue weighted by atomic mass is 10.2. The van der Waals surface area contributed by atoms with E-state index in [0.29, 0.717) is 6.04 Å². The lowest BCUT2D eigenvalue weighted by Crippen LogP contribution is -2.27. The summed E-state index contributed by atoms with van der Waals surface area (Å²) in [5.74, 6) is 1.10. The summed E-state index contributed by atoms with van der Waals surface area (Å²) in [6, 6.07) is 0.655. The fourth-order valence-electron chi connectivity index (χ4n) is 2.73. The molecule has 0 atom stereocenters. The van der Waals surface area contributed by atoms with Crippen molar-refractivity contribution in [2.24, 2.45) is 14.1 Å². The van der Waals surface area contributed by atoms with E-state index in [4.69, 9.17) is 11.6 Å². The second-order valence-corrected chi connectivity index (χ2v) is 6.14. The second kappa shape index (κ2) is 5.81. The van der Waals surface area contributed by atoms with Gasteiger partial charge in [-0.3, -0.25) is 9.58 Å². The Morgan fingerprint density at radius 3 is 2.67 bits per heavy atom. The molecule has 1 aliphatic rings. The highest BCUT2D eigenvalue weighted by Crippen LogP contribution is 2.32. The Kier molecular flexibility index (Phi) is 4.04. The number of hydrogen-bond acceptors (Lipinski definition) is 3. The predicted molar refractivity (Wildman–Crippen MR) is 83.1 cm³/mol. The van der Waals surface area contributed by atoms with Gasteiger partial charge in [-0.25, -0.2) is 4.98 Å². The third-order valence-electron chi connectivity index (χ3n) is 4.18. The maximum atomic E-state index is 6.43. The average Bonchev–Trinajstić information content (AvgIpc) is 3.19. The maximum absolute atomic E-state index is 6.43. The minimum absolute atomic E-state index is 0.655. The molecule has 0 amide bonds. The van der Waals surface area contributed by atoms with Crippen LogP contribution in [0.25, 0.3) is 0 Å². The molecule has 5 nitrogen and oxygen atoms in total. The van der Waals surface area contributed by atoms with Gasteiger partial charge in [-0.05, 0) is 19.3 Å². The molecular formula is C15H22ClN5. The van der Waals surface area contributed by atoms with E-state index in [0.717, 1.165) is 36.2 Å². The Morgan fingerprint density at radius 1 is 1.33 bits per heavy atom. The van der Waals surface area contributed by atoms with E-state index in [1.54, 1.807) is 4.68 Å². The molecule has 0 aromatic carbocycles. The van der Waals surface area contributed by atoms with Crippen molar-refractivity contribution < 1.29 is 0 Å². The van der Waals surface area contributed by atoms with Gasteiger partial charge in [-0.1, -0.05) is 18.5 Å². The van der Waals surface area contributed by atoms with Crippen LogP contribution in [-0.2, 0) is 33.6 Å². The minimum Gasteiger partial charge on any atom is -0.337 e. The van der Waals surface area contributed by atoms with Crippen LogP contribution < -0.4 is 0 Å².